The number of carbonyl (C=O) groups is 2. The van der Waals surface area contributed by atoms with Crippen LogP contribution in [-0.4, -0.2) is 26.4 Å². The summed E-state index contributed by atoms with van der Waals surface area (Å²) in [6.07, 6.45) is 1.23. The second-order valence-corrected chi connectivity index (χ2v) is 8.33. The molecule has 0 spiro atoms. The number of esters is 1. The third-order valence-electron chi connectivity index (χ3n) is 4.97. The molecule has 4 rings (SSSR count). The van der Waals surface area contributed by atoms with Gasteiger partial charge in [-0.05, 0) is 24.1 Å². The topological polar surface area (TPSA) is 133 Å². The Labute approximate surface area is 196 Å². The maximum absolute atomic E-state index is 13.0. The number of thiophene rings is 1. The summed E-state index contributed by atoms with van der Waals surface area (Å²) in [7, 11) is 0. The molecule has 0 aliphatic heterocycles. The second kappa shape index (κ2) is 9.63. The summed E-state index contributed by atoms with van der Waals surface area (Å²) in [4.78, 5) is 53.2. The lowest BCUT2D eigenvalue weighted by Gasteiger charge is -2.07. The van der Waals surface area contributed by atoms with Gasteiger partial charge in [0, 0.05) is 17.8 Å². The van der Waals surface area contributed by atoms with E-state index in [1.807, 2.05) is 30.3 Å². The first kappa shape index (κ1) is 22.8. The quantitative estimate of drug-likeness (QED) is 0.243. The second-order valence-electron chi connectivity index (χ2n) is 7.33. The van der Waals surface area contributed by atoms with E-state index in [4.69, 9.17) is 4.74 Å². The number of rotatable bonds is 7. The predicted molar refractivity (Wildman–Crippen MR) is 126 cm³/mol. The molecular formula is C23H18N4O6S. The minimum Gasteiger partial charge on any atom is -0.457 e. The maximum atomic E-state index is 13.0. The molecule has 0 saturated heterocycles. The van der Waals surface area contributed by atoms with Crippen molar-refractivity contribution in [2.45, 2.75) is 20.1 Å². The van der Waals surface area contributed by atoms with Crippen molar-refractivity contribution in [2.24, 2.45) is 0 Å². The molecule has 0 unspecified atom stereocenters. The zero-order valence-electron chi connectivity index (χ0n) is 17.9. The molecule has 0 atom stereocenters. The van der Waals surface area contributed by atoms with Gasteiger partial charge in [0.05, 0.1) is 16.6 Å². The highest BCUT2D eigenvalue weighted by Gasteiger charge is 2.21. The molecule has 2 aromatic heterocycles. The number of ether oxygens (including phenoxy) is 1. The number of nitro benzene ring substituents is 1. The lowest BCUT2D eigenvalue weighted by molar-refractivity contribution is -0.384. The number of nitrogens with one attached hydrogen (secondary N) is 1. The third-order valence-corrected chi connectivity index (χ3v) is 6.15. The van der Waals surface area contributed by atoms with Gasteiger partial charge < -0.3 is 10.1 Å². The number of non-ortho nitro benzene ring substituents is 1. The van der Waals surface area contributed by atoms with E-state index in [9.17, 15) is 24.5 Å². The average Bonchev–Trinajstić information content (AvgIpc) is 3.17. The third kappa shape index (κ3) is 4.84. The first-order valence-corrected chi connectivity index (χ1v) is 10.9. The highest BCUT2D eigenvalue weighted by Crippen LogP contribution is 2.27. The van der Waals surface area contributed by atoms with E-state index in [0.717, 1.165) is 21.5 Å². The minimum atomic E-state index is -0.570. The number of anilines is 1. The zero-order chi connectivity index (χ0) is 24.2. The number of aryl methyl sites for hydroxylation is 1. The van der Waals surface area contributed by atoms with Crippen molar-refractivity contribution in [3.8, 4) is 0 Å². The van der Waals surface area contributed by atoms with Crippen molar-refractivity contribution in [3.63, 3.8) is 0 Å². The predicted octanol–water partition coefficient (Wildman–Crippen LogP) is 3.67. The number of hydrogen-bond acceptors (Lipinski definition) is 8. The number of benzene rings is 2. The number of carbonyl (C=O) groups excluding carboxylic acids is 2. The van der Waals surface area contributed by atoms with E-state index in [2.05, 4.69) is 10.3 Å². The lowest BCUT2D eigenvalue weighted by Crippen LogP contribution is -2.27. The van der Waals surface area contributed by atoms with Gasteiger partial charge in [0.15, 0.2) is 0 Å². The van der Waals surface area contributed by atoms with Crippen molar-refractivity contribution in [1.82, 2.24) is 9.55 Å². The Morgan fingerprint density at radius 2 is 1.94 bits per heavy atom. The molecule has 0 aliphatic rings. The van der Waals surface area contributed by atoms with Crippen LogP contribution < -0.4 is 10.9 Å². The van der Waals surface area contributed by atoms with Gasteiger partial charge in [-0.1, -0.05) is 36.4 Å². The van der Waals surface area contributed by atoms with Crippen LogP contribution in [0.2, 0.25) is 0 Å². The molecule has 0 saturated carbocycles. The van der Waals surface area contributed by atoms with Gasteiger partial charge in [-0.15, -0.1) is 11.3 Å². The number of hydrogen-bond donors (Lipinski definition) is 1. The number of fused-ring (bicyclic) bond motifs is 1. The molecule has 4 aromatic rings. The summed E-state index contributed by atoms with van der Waals surface area (Å²) in [6, 6.07) is 14.7. The van der Waals surface area contributed by atoms with Crippen LogP contribution in [0.25, 0.3) is 10.2 Å². The lowest BCUT2D eigenvalue weighted by atomic mass is 10.2. The van der Waals surface area contributed by atoms with Crippen LogP contribution in [0.1, 0.15) is 20.8 Å². The van der Waals surface area contributed by atoms with Gasteiger partial charge in [-0.25, -0.2) is 9.78 Å². The molecule has 10 nitrogen and oxygen atoms in total. The summed E-state index contributed by atoms with van der Waals surface area (Å²) in [5, 5.41) is 13.7. The van der Waals surface area contributed by atoms with Gasteiger partial charge in [-0.2, -0.15) is 0 Å². The van der Waals surface area contributed by atoms with Gasteiger partial charge >= 0.3 is 5.97 Å². The number of aromatic nitrogens is 2. The standard InChI is InChI=1S/C23H18N4O6S/c1-14-19-21(34-20(14)23(30)33-12-15-6-3-2-4-7-15)24-13-26(22(19)29)11-18(28)25-16-8-5-9-17(10-16)27(31)32/h2-10,13H,11-12H2,1H3,(H,25,28). The highest BCUT2D eigenvalue weighted by molar-refractivity contribution is 7.20. The molecular weight excluding hydrogens is 460 g/mol. The van der Waals surface area contributed by atoms with E-state index in [1.165, 1.54) is 30.6 Å². The van der Waals surface area contributed by atoms with Gasteiger partial charge in [0.1, 0.15) is 22.9 Å². The van der Waals surface area contributed by atoms with Gasteiger partial charge in [0.25, 0.3) is 11.2 Å². The molecule has 2 heterocycles. The number of nitrogens with zero attached hydrogens (tertiary/aromatic N) is 3. The van der Waals surface area contributed by atoms with Crippen LogP contribution in [-0.2, 0) is 22.7 Å². The van der Waals surface area contributed by atoms with Crippen LogP contribution >= 0.6 is 11.3 Å². The molecule has 1 N–H and O–H groups in total. The van der Waals surface area contributed by atoms with Crippen molar-refractivity contribution < 1.29 is 19.2 Å². The molecule has 0 radical (unpaired) electrons. The van der Waals surface area contributed by atoms with Crippen molar-refractivity contribution >= 4 is 44.8 Å². The van der Waals surface area contributed by atoms with Crippen molar-refractivity contribution in [1.29, 1.82) is 0 Å². The van der Waals surface area contributed by atoms with E-state index in [0.29, 0.717) is 10.4 Å². The van der Waals surface area contributed by atoms with Crippen molar-refractivity contribution in [2.75, 3.05) is 5.32 Å². The fourth-order valence-corrected chi connectivity index (χ4v) is 4.34. The Bertz CT molecular complexity index is 1460. The van der Waals surface area contributed by atoms with Crippen LogP contribution in [0.5, 0.6) is 0 Å². The number of amides is 1. The Balaban J connectivity index is 1.52. The summed E-state index contributed by atoms with van der Waals surface area (Å²) in [5.74, 6) is -1.11. The zero-order valence-corrected chi connectivity index (χ0v) is 18.7. The maximum Gasteiger partial charge on any atom is 0.349 e. The number of nitro groups is 1. The van der Waals surface area contributed by atoms with Gasteiger partial charge in [-0.3, -0.25) is 24.3 Å². The molecule has 0 aliphatic carbocycles. The molecule has 34 heavy (non-hydrogen) atoms. The molecule has 172 valence electrons. The van der Waals surface area contributed by atoms with E-state index in [-0.39, 0.29) is 34.8 Å². The monoisotopic (exact) mass is 478 g/mol. The Morgan fingerprint density at radius 3 is 2.68 bits per heavy atom. The summed E-state index contributed by atoms with van der Waals surface area (Å²) < 4.78 is 6.49. The Morgan fingerprint density at radius 1 is 1.18 bits per heavy atom. The largest absolute Gasteiger partial charge is 0.457 e. The Kier molecular flexibility index (Phi) is 6.46. The van der Waals surface area contributed by atoms with Crippen molar-refractivity contribution in [3.05, 3.63) is 97.4 Å². The molecule has 0 bridgehead atoms. The molecule has 0 fully saturated rings. The first-order valence-electron chi connectivity index (χ1n) is 10.1. The fraction of sp³-hybridized carbons (Fsp3) is 0.130. The molecule has 2 aromatic carbocycles. The van der Waals surface area contributed by atoms with Crippen LogP contribution in [0.15, 0.2) is 65.7 Å². The molecule has 1 amide bonds. The highest BCUT2D eigenvalue weighted by atomic mass is 32.1. The summed E-state index contributed by atoms with van der Waals surface area (Å²) >= 11 is 1.05. The normalized spacial score (nSPS) is 10.7. The summed E-state index contributed by atoms with van der Waals surface area (Å²) in [6.45, 7) is 1.38. The van der Waals surface area contributed by atoms with Crippen LogP contribution in [0.3, 0.4) is 0 Å². The average molecular weight is 478 g/mol. The smallest absolute Gasteiger partial charge is 0.349 e. The molecule has 11 heteroatoms. The van der Waals surface area contributed by atoms with Gasteiger partial charge in [0.2, 0.25) is 5.91 Å². The Hall–Kier alpha value is -4.38. The SMILES string of the molecule is Cc1c(C(=O)OCc2ccccc2)sc2ncn(CC(=O)Nc3cccc([N+](=O)[O-])c3)c(=O)c12. The first-order chi connectivity index (χ1) is 16.3. The van der Waals surface area contributed by atoms with Crippen LogP contribution in [0, 0.1) is 17.0 Å². The van der Waals surface area contributed by atoms with E-state index in [1.54, 1.807) is 6.92 Å². The fourth-order valence-electron chi connectivity index (χ4n) is 3.31. The van der Waals surface area contributed by atoms with E-state index >= 15 is 0 Å². The minimum absolute atomic E-state index is 0.100. The summed E-state index contributed by atoms with van der Waals surface area (Å²) in [5.41, 5.74) is 0.860. The van der Waals surface area contributed by atoms with Crippen LogP contribution in [0.4, 0.5) is 11.4 Å². The van der Waals surface area contributed by atoms with E-state index < -0.39 is 22.4 Å².